The largest absolute Gasteiger partial charge is 0.405 e. The zero-order chi connectivity index (χ0) is 26.5. The maximum Gasteiger partial charge on any atom is 0.405 e. The topological polar surface area (TPSA) is 102 Å². The zero-order valence-corrected chi connectivity index (χ0v) is 23.8. The third kappa shape index (κ3) is 23.1. The summed E-state index contributed by atoms with van der Waals surface area (Å²) in [7, 11) is -3.54. The molecule has 0 aromatic heterocycles. The molecule has 0 rings (SSSR count). The van der Waals surface area contributed by atoms with Gasteiger partial charge in [-0.05, 0) is 38.5 Å². The summed E-state index contributed by atoms with van der Waals surface area (Å²) >= 11 is 0. The Labute approximate surface area is 214 Å². The number of nitrogens with one attached hydrogen (secondary N) is 1. The second-order valence-electron chi connectivity index (χ2n) is 8.85. The van der Waals surface area contributed by atoms with Crippen LogP contribution in [0, 0.1) is 0 Å². The van der Waals surface area contributed by atoms with Crippen LogP contribution in [0.15, 0.2) is 48.6 Å². The first-order valence-electron chi connectivity index (χ1n) is 12.5. The Morgan fingerprint density at radius 3 is 1.77 bits per heavy atom. The molecule has 0 amide bonds. The minimum absolute atomic E-state index is 0.268. The second kappa shape index (κ2) is 20.0. The fourth-order valence-corrected chi connectivity index (χ4v) is 4.81. The summed E-state index contributed by atoms with van der Waals surface area (Å²) in [5.74, 6) is -0.268. The van der Waals surface area contributed by atoms with E-state index in [9.17, 15) is 13.0 Å². The summed E-state index contributed by atoms with van der Waals surface area (Å²) in [6.07, 6.45) is 21.9. The van der Waals surface area contributed by atoms with Gasteiger partial charge in [0.15, 0.2) is 0 Å². The highest BCUT2D eigenvalue weighted by Crippen LogP contribution is 2.43. The molecular formula is C25H48N2O6PS+. The molecular weight excluding hydrogens is 487 g/mol. The van der Waals surface area contributed by atoms with Crippen molar-refractivity contribution in [2.45, 2.75) is 58.8 Å². The minimum Gasteiger partial charge on any atom is -0.327 e. The molecule has 0 spiro atoms. The van der Waals surface area contributed by atoms with Crippen LogP contribution in [0.4, 0.5) is 0 Å². The number of likely N-dealkylation sites (N-methyl/N-ethyl adjacent to an activating group) is 1. The van der Waals surface area contributed by atoms with Crippen LogP contribution in [0.3, 0.4) is 0 Å². The summed E-state index contributed by atoms with van der Waals surface area (Å²) in [6, 6.07) is 0. The van der Waals surface area contributed by atoms with Gasteiger partial charge in [0.1, 0.15) is 0 Å². The quantitative estimate of drug-likeness (QED) is 0.0605. The number of nitrogens with zero attached hydrogens (tertiary/aromatic N) is 1. The van der Waals surface area contributed by atoms with E-state index in [1.807, 2.05) is 26.2 Å². The lowest BCUT2D eigenvalue weighted by molar-refractivity contribution is -0.889. The summed E-state index contributed by atoms with van der Waals surface area (Å²) in [5.41, 5.74) is 0. The predicted octanol–water partition coefficient (Wildman–Crippen LogP) is 5.68. The van der Waals surface area contributed by atoms with Crippen molar-refractivity contribution in [3.05, 3.63) is 48.6 Å². The van der Waals surface area contributed by atoms with Crippen LogP contribution >= 0.6 is 7.75 Å². The Hall–Kier alpha value is -1.06. The summed E-state index contributed by atoms with van der Waals surface area (Å²) < 4.78 is 55.9. The molecule has 0 atom stereocenters. The van der Waals surface area contributed by atoms with Crippen LogP contribution in [-0.2, 0) is 23.7 Å². The summed E-state index contributed by atoms with van der Waals surface area (Å²) in [6.45, 7) is 6.28. The second-order valence-corrected chi connectivity index (χ2v) is 12.2. The van der Waals surface area contributed by atoms with Gasteiger partial charge in [0, 0.05) is 6.42 Å². The Kier molecular flexibility index (Phi) is 19.4. The highest BCUT2D eigenvalue weighted by molar-refractivity contribution is 7.85. The van der Waals surface area contributed by atoms with Crippen molar-refractivity contribution in [2.75, 3.05) is 52.7 Å². The SMILES string of the molecule is CCC=CCC=CCCOP(=O)(NCC[N+](C)(C)CCCS(=O)(=O)O)OCCC=CCC=CCC. The van der Waals surface area contributed by atoms with Gasteiger partial charge in [-0.3, -0.25) is 13.6 Å². The molecule has 8 nitrogen and oxygen atoms in total. The smallest absolute Gasteiger partial charge is 0.327 e. The van der Waals surface area contributed by atoms with E-state index in [2.05, 4.69) is 55.4 Å². The first-order valence-corrected chi connectivity index (χ1v) is 15.7. The predicted molar refractivity (Wildman–Crippen MR) is 146 cm³/mol. The van der Waals surface area contributed by atoms with Crippen LogP contribution < -0.4 is 5.09 Å². The van der Waals surface area contributed by atoms with E-state index >= 15 is 0 Å². The van der Waals surface area contributed by atoms with Crippen molar-refractivity contribution < 1.29 is 31.1 Å². The minimum atomic E-state index is -3.96. The van der Waals surface area contributed by atoms with Gasteiger partial charge in [0.2, 0.25) is 0 Å². The van der Waals surface area contributed by atoms with E-state index in [1.54, 1.807) is 0 Å². The molecule has 0 aromatic rings. The third-order valence-corrected chi connectivity index (χ3v) is 7.42. The molecule has 2 N–H and O–H groups in total. The van der Waals surface area contributed by atoms with Gasteiger partial charge in [-0.1, -0.05) is 62.5 Å². The molecule has 0 bridgehead atoms. The van der Waals surface area contributed by atoms with Gasteiger partial charge in [0.05, 0.1) is 52.7 Å². The van der Waals surface area contributed by atoms with E-state index < -0.39 is 17.9 Å². The molecule has 0 aliphatic rings. The fourth-order valence-electron chi connectivity index (χ4n) is 3.00. The normalized spacial score (nSPS) is 15.2. The molecule has 0 saturated carbocycles. The van der Waals surface area contributed by atoms with Gasteiger partial charge in [-0.25, -0.2) is 9.65 Å². The molecule has 204 valence electrons. The molecule has 0 saturated heterocycles. The molecule has 0 aromatic carbocycles. The molecule has 0 heterocycles. The maximum atomic E-state index is 13.2. The van der Waals surface area contributed by atoms with Crippen LogP contribution in [0.25, 0.3) is 0 Å². The van der Waals surface area contributed by atoms with E-state index in [4.69, 9.17) is 13.6 Å². The molecule has 0 radical (unpaired) electrons. The summed E-state index contributed by atoms with van der Waals surface area (Å²) in [5, 5.41) is 2.95. The fraction of sp³-hybridized carbons (Fsp3) is 0.680. The van der Waals surface area contributed by atoms with E-state index in [-0.39, 0.29) is 19.0 Å². The van der Waals surface area contributed by atoms with Gasteiger partial charge in [-0.15, -0.1) is 0 Å². The van der Waals surface area contributed by atoms with Gasteiger partial charge in [0.25, 0.3) is 10.1 Å². The van der Waals surface area contributed by atoms with E-state index in [0.29, 0.717) is 43.4 Å². The summed E-state index contributed by atoms with van der Waals surface area (Å²) in [4.78, 5) is 0. The number of hydrogen-bond donors (Lipinski definition) is 2. The van der Waals surface area contributed by atoms with Crippen molar-refractivity contribution in [3.63, 3.8) is 0 Å². The lowest BCUT2D eigenvalue weighted by Gasteiger charge is -2.30. The van der Waals surface area contributed by atoms with E-state index in [0.717, 1.165) is 25.7 Å². The van der Waals surface area contributed by atoms with Crippen molar-refractivity contribution in [2.24, 2.45) is 0 Å². The average Bonchev–Trinajstić information content (AvgIpc) is 2.76. The zero-order valence-electron chi connectivity index (χ0n) is 22.1. The van der Waals surface area contributed by atoms with Gasteiger partial charge in [-0.2, -0.15) is 8.42 Å². The average molecular weight is 536 g/mol. The van der Waals surface area contributed by atoms with Crippen molar-refractivity contribution in [1.82, 2.24) is 5.09 Å². The van der Waals surface area contributed by atoms with Crippen LogP contribution in [0.5, 0.6) is 0 Å². The monoisotopic (exact) mass is 535 g/mol. The first-order chi connectivity index (χ1) is 16.5. The maximum absolute atomic E-state index is 13.2. The van der Waals surface area contributed by atoms with Gasteiger partial charge < -0.3 is 4.48 Å². The van der Waals surface area contributed by atoms with Crippen molar-refractivity contribution in [1.29, 1.82) is 0 Å². The standard InChI is InChI=1S/C25H47N2O6PS/c1-5-7-9-11-13-15-17-23-32-34(28,33-24-18-16-14-12-10-8-6-2)26-20-22-27(3,4)21-19-25-35(29,30)31/h7-10,13-16H,5-6,11-12,17-25H2,1-4H3,(H-,26,28,29,30,31)/p+1. The Bertz CT molecular complexity index is 771. The highest BCUT2D eigenvalue weighted by Gasteiger charge is 2.25. The van der Waals surface area contributed by atoms with Crippen LogP contribution in [0.1, 0.15) is 58.8 Å². The Morgan fingerprint density at radius 1 is 0.829 bits per heavy atom. The number of quaternary nitrogens is 1. The van der Waals surface area contributed by atoms with E-state index in [1.165, 1.54) is 0 Å². The van der Waals surface area contributed by atoms with Crippen LogP contribution in [0.2, 0.25) is 0 Å². The molecule has 10 heteroatoms. The van der Waals surface area contributed by atoms with Crippen molar-refractivity contribution >= 4 is 17.9 Å². The lowest BCUT2D eigenvalue weighted by atomic mass is 10.3. The first kappa shape index (κ1) is 33.9. The molecule has 0 unspecified atom stereocenters. The Morgan fingerprint density at radius 2 is 1.31 bits per heavy atom. The number of hydrogen-bond acceptors (Lipinski definition) is 5. The van der Waals surface area contributed by atoms with Crippen LogP contribution in [-0.4, -0.2) is 70.1 Å². The molecule has 35 heavy (non-hydrogen) atoms. The lowest BCUT2D eigenvalue weighted by Crippen LogP contribution is -2.45. The Balaban J connectivity index is 4.68. The van der Waals surface area contributed by atoms with Crippen molar-refractivity contribution in [3.8, 4) is 0 Å². The van der Waals surface area contributed by atoms with Gasteiger partial charge >= 0.3 is 7.75 Å². The molecule has 0 aliphatic carbocycles. The molecule has 0 aliphatic heterocycles. The highest BCUT2D eigenvalue weighted by atomic mass is 32.2. The third-order valence-electron chi connectivity index (χ3n) is 4.96. The molecule has 0 fully saturated rings. The number of allylic oxidation sites excluding steroid dienone is 6. The number of rotatable bonds is 22.